The minimum Gasteiger partial charge on any atom is -0.272 e. The van der Waals surface area contributed by atoms with Crippen LogP contribution < -0.4 is 0 Å². The second-order valence-electron chi connectivity index (χ2n) is 3.86. The van der Waals surface area contributed by atoms with Gasteiger partial charge in [-0.05, 0) is 19.4 Å². The van der Waals surface area contributed by atoms with E-state index in [0.29, 0.717) is 5.75 Å². The van der Waals surface area contributed by atoms with E-state index in [1.165, 1.54) is 16.7 Å². The molecule has 0 fully saturated rings. The number of aryl methyl sites for hydroxylation is 2. The van der Waals surface area contributed by atoms with E-state index in [4.69, 9.17) is 0 Å². The number of thioether (sulfide) groups is 1. The summed E-state index contributed by atoms with van der Waals surface area (Å²) in [6.07, 6.45) is 0.791. The highest BCUT2D eigenvalue weighted by atomic mass is 32.2. The van der Waals surface area contributed by atoms with Crippen molar-refractivity contribution < 1.29 is 4.79 Å². The summed E-state index contributed by atoms with van der Waals surface area (Å²) in [5, 5.41) is 0.949. The lowest BCUT2D eigenvalue weighted by Crippen LogP contribution is -1.96. The van der Waals surface area contributed by atoms with Crippen LogP contribution in [0.4, 0.5) is 0 Å². The van der Waals surface area contributed by atoms with Gasteiger partial charge in [0.25, 0.3) is 5.91 Å². The molecule has 1 aromatic carbocycles. The molecule has 78 valence electrons. The standard InChI is InChI=1S/C12H13NOS/c1-8-3-9(2)5-10(4-8)6-12-13-11(14)7-15-12/h3-5H,6-7H2,1-2H3. The molecule has 0 atom stereocenters. The summed E-state index contributed by atoms with van der Waals surface area (Å²) in [5.41, 5.74) is 3.77. The van der Waals surface area contributed by atoms with Crippen molar-refractivity contribution in [1.82, 2.24) is 0 Å². The van der Waals surface area contributed by atoms with Crippen LogP contribution in [0, 0.1) is 13.8 Å². The van der Waals surface area contributed by atoms with Crippen molar-refractivity contribution in [2.45, 2.75) is 20.3 Å². The van der Waals surface area contributed by atoms with Gasteiger partial charge in [-0.15, -0.1) is 11.8 Å². The van der Waals surface area contributed by atoms with E-state index in [2.05, 4.69) is 37.0 Å². The molecule has 0 radical (unpaired) electrons. The monoisotopic (exact) mass is 219 g/mol. The summed E-state index contributed by atoms with van der Waals surface area (Å²) in [6, 6.07) is 6.45. The van der Waals surface area contributed by atoms with Crippen molar-refractivity contribution in [2.75, 3.05) is 5.75 Å². The number of rotatable bonds is 2. The molecule has 0 aliphatic carbocycles. The predicted molar refractivity (Wildman–Crippen MR) is 64.5 cm³/mol. The van der Waals surface area contributed by atoms with Crippen LogP contribution in [0.5, 0.6) is 0 Å². The SMILES string of the molecule is Cc1cc(C)cc(CC2=NC(=O)CS2)c1. The Bertz CT molecular complexity index is 417. The number of benzene rings is 1. The molecule has 0 spiro atoms. The number of hydrogen-bond acceptors (Lipinski definition) is 2. The molecule has 0 aromatic heterocycles. The van der Waals surface area contributed by atoms with Crippen molar-refractivity contribution in [3.8, 4) is 0 Å². The van der Waals surface area contributed by atoms with E-state index in [9.17, 15) is 4.79 Å². The number of hydrogen-bond donors (Lipinski definition) is 0. The van der Waals surface area contributed by atoms with Crippen LogP contribution in [0.3, 0.4) is 0 Å². The molecule has 1 heterocycles. The molecule has 1 aliphatic rings. The maximum atomic E-state index is 11.0. The maximum absolute atomic E-state index is 11.0. The van der Waals surface area contributed by atoms with Crippen LogP contribution in [-0.2, 0) is 11.2 Å². The summed E-state index contributed by atoms with van der Waals surface area (Å²) in [7, 11) is 0. The van der Waals surface area contributed by atoms with Gasteiger partial charge in [0.15, 0.2) is 0 Å². The third-order valence-corrected chi connectivity index (χ3v) is 3.21. The zero-order chi connectivity index (χ0) is 10.8. The molecule has 0 saturated carbocycles. The van der Waals surface area contributed by atoms with Crippen LogP contribution in [0.25, 0.3) is 0 Å². The second kappa shape index (κ2) is 4.19. The van der Waals surface area contributed by atoms with Crippen LogP contribution in [0.1, 0.15) is 16.7 Å². The number of carbonyl (C=O) groups excluding carboxylic acids is 1. The van der Waals surface area contributed by atoms with E-state index in [0.717, 1.165) is 11.5 Å². The van der Waals surface area contributed by atoms with Crippen molar-refractivity contribution in [3.05, 3.63) is 34.9 Å². The Hall–Kier alpha value is -1.09. The fraction of sp³-hybridized carbons (Fsp3) is 0.333. The molecule has 15 heavy (non-hydrogen) atoms. The lowest BCUT2D eigenvalue weighted by atomic mass is 10.1. The molecular formula is C12H13NOS. The highest BCUT2D eigenvalue weighted by Crippen LogP contribution is 2.18. The molecule has 0 saturated heterocycles. The molecule has 3 heteroatoms. The number of aliphatic imine (C=N–C) groups is 1. The van der Waals surface area contributed by atoms with Gasteiger partial charge in [-0.1, -0.05) is 29.3 Å². The van der Waals surface area contributed by atoms with Crippen LogP contribution in [0.2, 0.25) is 0 Å². The van der Waals surface area contributed by atoms with Gasteiger partial charge in [0, 0.05) is 6.42 Å². The highest BCUT2D eigenvalue weighted by Gasteiger charge is 2.14. The third-order valence-electron chi connectivity index (χ3n) is 2.25. The summed E-state index contributed by atoms with van der Waals surface area (Å²) in [4.78, 5) is 15.0. The van der Waals surface area contributed by atoms with Gasteiger partial charge in [-0.2, -0.15) is 0 Å². The van der Waals surface area contributed by atoms with Crippen molar-refractivity contribution in [3.63, 3.8) is 0 Å². The average Bonchev–Trinajstić information content (AvgIpc) is 2.49. The number of nitrogens with zero attached hydrogens (tertiary/aromatic N) is 1. The Morgan fingerprint density at radius 1 is 1.27 bits per heavy atom. The minimum absolute atomic E-state index is 0.000579. The Labute approximate surface area is 93.8 Å². The van der Waals surface area contributed by atoms with Crippen molar-refractivity contribution >= 4 is 22.7 Å². The highest BCUT2D eigenvalue weighted by molar-refractivity contribution is 8.15. The predicted octanol–water partition coefficient (Wildman–Crippen LogP) is 2.52. The maximum Gasteiger partial charge on any atom is 0.256 e. The first kappa shape index (κ1) is 10.4. The summed E-state index contributed by atoms with van der Waals surface area (Å²) in [5.74, 6) is 0.513. The fourth-order valence-electron chi connectivity index (χ4n) is 1.78. The zero-order valence-corrected chi connectivity index (χ0v) is 9.73. The lowest BCUT2D eigenvalue weighted by molar-refractivity contribution is -0.115. The molecule has 1 aromatic rings. The van der Waals surface area contributed by atoms with Gasteiger partial charge < -0.3 is 0 Å². The summed E-state index contributed by atoms with van der Waals surface area (Å²) >= 11 is 1.56. The van der Waals surface area contributed by atoms with Crippen LogP contribution >= 0.6 is 11.8 Å². The van der Waals surface area contributed by atoms with E-state index >= 15 is 0 Å². The normalized spacial score (nSPS) is 15.6. The van der Waals surface area contributed by atoms with Gasteiger partial charge >= 0.3 is 0 Å². The zero-order valence-electron chi connectivity index (χ0n) is 8.91. The average molecular weight is 219 g/mol. The van der Waals surface area contributed by atoms with Crippen LogP contribution in [0.15, 0.2) is 23.2 Å². The third kappa shape index (κ3) is 2.69. The van der Waals surface area contributed by atoms with E-state index in [-0.39, 0.29) is 5.91 Å². The number of carbonyl (C=O) groups is 1. The second-order valence-corrected chi connectivity index (χ2v) is 4.91. The Kier molecular flexibility index (Phi) is 2.91. The molecule has 0 N–H and O–H groups in total. The van der Waals surface area contributed by atoms with E-state index in [1.807, 2.05) is 0 Å². The van der Waals surface area contributed by atoms with Gasteiger partial charge in [-0.25, -0.2) is 4.99 Å². The topological polar surface area (TPSA) is 29.4 Å². The van der Waals surface area contributed by atoms with Crippen molar-refractivity contribution in [1.29, 1.82) is 0 Å². The van der Waals surface area contributed by atoms with Gasteiger partial charge in [0.1, 0.15) is 0 Å². The lowest BCUT2D eigenvalue weighted by Gasteiger charge is -2.03. The number of amides is 1. The minimum atomic E-state index is -0.000579. The summed E-state index contributed by atoms with van der Waals surface area (Å²) in [6.45, 7) is 4.18. The molecular weight excluding hydrogens is 206 g/mol. The molecule has 1 aliphatic heterocycles. The first-order chi connectivity index (χ1) is 7.13. The van der Waals surface area contributed by atoms with Crippen molar-refractivity contribution in [2.24, 2.45) is 4.99 Å². The molecule has 2 rings (SSSR count). The molecule has 0 unspecified atom stereocenters. The van der Waals surface area contributed by atoms with Gasteiger partial charge in [-0.3, -0.25) is 4.79 Å². The Morgan fingerprint density at radius 3 is 2.47 bits per heavy atom. The van der Waals surface area contributed by atoms with Crippen LogP contribution in [-0.4, -0.2) is 16.7 Å². The molecule has 0 bridgehead atoms. The van der Waals surface area contributed by atoms with Gasteiger partial charge in [0.05, 0.1) is 10.8 Å². The Morgan fingerprint density at radius 2 is 1.93 bits per heavy atom. The largest absolute Gasteiger partial charge is 0.272 e. The molecule has 2 nitrogen and oxygen atoms in total. The van der Waals surface area contributed by atoms with E-state index < -0.39 is 0 Å². The summed E-state index contributed by atoms with van der Waals surface area (Å²) < 4.78 is 0. The fourth-order valence-corrected chi connectivity index (χ4v) is 2.57. The smallest absolute Gasteiger partial charge is 0.256 e. The quantitative estimate of drug-likeness (QED) is 0.765. The Balaban J connectivity index is 2.17. The first-order valence-electron chi connectivity index (χ1n) is 4.94. The van der Waals surface area contributed by atoms with Gasteiger partial charge in [0.2, 0.25) is 0 Å². The van der Waals surface area contributed by atoms with E-state index in [1.54, 1.807) is 11.8 Å². The first-order valence-corrected chi connectivity index (χ1v) is 5.92. The molecule has 1 amide bonds.